The van der Waals surface area contributed by atoms with E-state index in [1.165, 1.54) is 0 Å². The second-order valence-corrected chi connectivity index (χ2v) is 7.61. The first kappa shape index (κ1) is 15.7. The highest BCUT2D eigenvalue weighted by molar-refractivity contribution is 7.88. The Bertz CT molecular complexity index is 437. The van der Waals surface area contributed by atoms with Crippen molar-refractivity contribution in [2.45, 2.75) is 56.6 Å². The molecule has 6 nitrogen and oxygen atoms in total. The number of sulfonamides is 1. The highest BCUT2D eigenvalue weighted by Gasteiger charge is 2.41. The van der Waals surface area contributed by atoms with Crippen LogP contribution in [0.2, 0.25) is 0 Å². The molecular formula is C13H24N2O4S. The summed E-state index contributed by atoms with van der Waals surface area (Å²) in [4.78, 5) is 12.5. The van der Waals surface area contributed by atoms with Gasteiger partial charge >= 0.3 is 0 Å². The van der Waals surface area contributed by atoms with Gasteiger partial charge in [0.25, 0.3) is 0 Å². The Kier molecular flexibility index (Phi) is 5.04. The van der Waals surface area contributed by atoms with Crippen LogP contribution in [0.15, 0.2) is 0 Å². The quantitative estimate of drug-likeness (QED) is 0.776. The Morgan fingerprint density at radius 3 is 2.50 bits per heavy atom. The third-order valence-corrected chi connectivity index (χ3v) is 4.80. The lowest BCUT2D eigenvalue weighted by atomic mass is 9.82. The molecule has 0 aromatic carbocycles. The first-order chi connectivity index (χ1) is 9.41. The summed E-state index contributed by atoms with van der Waals surface area (Å²) >= 11 is 0. The molecule has 1 unspecified atom stereocenters. The molecule has 1 saturated carbocycles. The molecule has 20 heavy (non-hydrogen) atoms. The fourth-order valence-corrected chi connectivity index (χ4v) is 4.07. The van der Waals surface area contributed by atoms with Crippen molar-refractivity contribution in [3.8, 4) is 0 Å². The summed E-state index contributed by atoms with van der Waals surface area (Å²) in [6.07, 6.45) is 7.07. The van der Waals surface area contributed by atoms with E-state index in [0.29, 0.717) is 19.4 Å². The van der Waals surface area contributed by atoms with Gasteiger partial charge in [0.15, 0.2) is 0 Å². The Hall–Kier alpha value is -0.660. The van der Waals surface area contributed by atoms with Crippen LogP contribution in [-0.2, 0) is 19.6 Å². The maximum absolute atomic E-state index is 12.5. The summed E-state index contributed by atoms with van der Waals surface area (Å²) in [5.41, 5.74) is -0.968. The molecule has 0 aromatic heterocycles. The molecule has 1 saturated heterocycles. The standard InChI is InChI=1S/C13H24N2O4S/c1-20(17,18)15-13(7-3-2-4-8-13)12(16)14-10-11-6-5-9-19-11/h11,15H,2-10H2,1H3,(H,14,16). The van der Waals surface area contributed by atoms with E-state index in [1.54, 1.807) is 0 Å². The minimum Gasteiger partial charge on any atom is -0.376 e. The molecule has 0 spiro atoms. The third kappa shape index (κ3) is 4.17. The lowest BCUT2D eigenvalue weighted by Gasteiger charge is -2.36. The second-order valence-electron chi connectivity index (χ2n) is 5.86. The largest absolute Gasteiger partial charge is 0.376 e. The summed E-state index contributed by atoms with van der Waals surface area (Å²) in [7, 11) is -3.41. The zero-order chi connectivity index (χ0) is 14.6. The predicted octanol–water partition coefficient (Wildman–Crippen LogP) is 0.534. The van der Waals surface area contributed by atoms with Gasteiger partial charge in [-0.15, -0.1) is 0 Å². The van der Waals surface area contributed by atoms with E-state index < -0.39 is 15.6 Å². The van der Waals surface area contributed by atoms with Gasteiger partial charge in [-0.3, -0.25) is 4.79 Å². The van der Waals surface area contributed by atoms with Crippen LogP contribution in [0.5, 0.6) is 0 Å². The molecular weight excluding hydrogens is 280 g/mol. The molecule has 2 rings (SSSR count). The average molecular weight is 304 g/mol. The van der Waals surface area contributed by atoms with Crippen molar-refractivity contribution in [3.05, 3.63) is 0 Å². The van der Waals surface area contributed by atoms with Crippen molar-refractivity contribution < 1.29 is 17.9 Å². The fraction of sp³-hybridized carbons (Fsp3) is 0.923. The normalized spacial score (nSPS) is 26.4. The van der Waals surface area contributed by atoms with Crippen molar-refractivity contribution in [2.24, 2.45) is 0 Å². The van der Waals surface area contributed by atoms with Crippen LogP contribution in [0.25, 0.3) is 0 Å². The number of nitrogens with one attached hydrogen (secondary N) is 2. The van der Waals surface area contributed by atoms with Crippen LogP contribution in [0, 0.1) is 0 Å². The van der Waals surface area contributed by atoms with E-state index in [9.17, 15) is 13.2 Å². The molecule has 0 bridgehead atoms. The van der Waals surface area contributed by atoms with E-state index in [1.807, 2.05) is 0 Å². The summed E-state index contributed by atoms with van der Waals surface area (Å²) in [5, 5.41) is 2.87. The molecule has 1 aliphatic carbocycles. The Balaban J connectivity index is 1.99. The second kappa shape index (κ2) is 6.41. The number of carbonyl (C=O) groups excluding carboxylic acids is 1. The van der Waals surface area contributed by atoms with E-state index in [0.717, 1.165) is 45.0 Å². The Labute approximate surface area is 120 Å². The average Bonchev–Trinajstić information content (AvgIpc) is 2.88. The maximum Gasteiger partial charge on any atom is 0.241 e. The van der Waals surface area contributed by atoms with Crippen LogP contribution in [-0.4, -0.2) is 45.4 Å². The summed E-state index contributed by atoms with van der Waals surface area (Å²) < 4.78 is 31.1. The Morgan fingerprint density at radius 2 is 1.95 bits per heavy atom. The topological polar surface area (TPSA) is 84.5 Å². The lowest BCUT2D eigenvalue weighted by Crippen LogP contribution is -2.60. The zero-order valence-electron chi connectivity index (χ0n) is 12.0. The van der Waals surface area contributed by atoms with Crippen LogP contribution in [0.1, 0.15) is 44.9 Å². The minimum absolute atomic E-state index is 0.0674. The Morgan fingerprint density at radius 1 is 1.25 bits per heavy atom. The monoisotopic (exact) mass is 304 g/mol. The predicted molar refractivity (Wildman–Crippen MR) is 75.8 cm³/mol. The minimum atomic E-state index is -3.41. The van der Waals surface area contributed by atoms with Gasteiger partial charge in [-0.25, -0.2) is 8.42 Å². The molecule has 0 aromatic rings. The van der Waals surface area contributed by atoms with Crippen molar-refractivity contribution >= 4 is 15.9 Å². The SMILES string of the molecule is CS(=O)(=O)NC1(C(=O)NCC2CCCO2)CCCCC1. The fourth-order valence-electron chi connectivity index (χ4n) is 3.07. The number of ether oxygens (including phenoxy) is 1. The summed E-state index contributed by atoms with van der Waals surface area (Å²) in [6, 6.07) is 0. The lowest BCUT2D eigenvalue weighted by molar-refractivity contribution is -0.128. The van der Waals surface area contributed by atoms with Gasteiger partial charge in [0, 0.05) is 13.2 Å². The first-order valence-electron chi connectivity index (χ1n) is 7.30. The molecule has 116 valence electrons. The van der Waals surface area contributed by atoms with E-state index in [2.05, 4.69) is 10.0 Å². The van der Waals surface area contributed by atoms with Gasteiger partial charge < -0.3 is 10.1 Å². The molecule has 7 heteroatoms. The van der Waals surface area contributed by atoms with Gasteiger partial charge in [0.05, 0.1) is 12.4 Å². The summed E-state index contributed by atoms with van der Waals surface area (Å²) in [5.74, 6) is -0.210. The van der Waals surface area contributed by atoms with Gasteiger partial charge in [0.2, 0.25) is 15.9 Å². The molecule has 0 radical (unpaired) electrons. The summed E-state index contributed by atoms with van der Waals surface area (Å²) in [6.45, 7) is 1.21. The van der Waals surface area contributed by atoms with Gasteiger partial charge in [-0.1, -0.05) is 19.3 Å². The van der Waals surface area contributed by atoms with Crippen molar-refractivity contribution in [1.82, 2.24) is 10.0 Å². The smallest absolute Gasteiger partial charge is 0.241 e. The first-order valence-corrected chi connectivity index (χ1v) is 9.19. The van der Waals surface area contributed by atoms with Gasteiger partial charge in [-0.05, 0) is 25.7 Å². The van der Waals surface area contributed by atoms with Crippen LogP contribution in [0.3, 0.4) is 0 Å². The maximum atomic E-state index is 12.5. The van der Waals surface area contributed by atoms with Crippen molar-refractivity contribution in [1.29, 1.82) is 0 Å². The molecule has 1 amide bonds. The highest BCUT2D eigenvalue weighted by atomic mass is 32.2. The zero-order valence-corrected chi connectivity index (χ0v) is 12.8. The third-order valence-electron chi connectivity index (χ3n) is 4.04. The molecule has 1 heterocycles. The van der Waals surface area contributed by atoms with Gasteiger partial charge in [-0.2, -0.15) is 4.72 Å². The molecule has 1 aliphatic heterocycles. The van der Waals surface area contributed by atoms with E-state index >= 15 is 0 Å². The number of rotatable bonds is 5. The highest BCUT2D eigenvalue weighted by Crippen LogP contribution is 2.29. The van der Waals surface area contributed by atoms with Crippen LogP contribution >= 0.6 is 0 Å². The molecule has 2 fully saturated rings. The number of hydrogen-bond acceptors (Lipinski definition) is 4. The van der Waals surface area contributed by atoms with E-state index in [4.69, 9.17) is 4.74 Å². The number of amides is 1. The number of hydrogen-bond donors (Lipinski definition) is 2. The van der Waals surface area contributed by atoms with Crippen LogP contribution in [0.4, 0.5) is 0 Å². The molecule has 2 N–H and O–H groups in total. The molecule has 1 atom stereocenters. The van der Waals surface area contributed by atoms with Gasteiger partial charge in [0.1, 0.15) is 5.54 Å². The van der Waals surface area contributed by atoms with E-state index in [-0.39, 0.29) is 12.0 Å². The van der Waals surface area contributed by atoms with Crippen molar-refractivity contribution in [3.63, 3.8) is 0 Å². The molecule has 2 aliphatic rings. The van der Waals surface area contributed by atoms with Crippen LogP contribution < -0.4 is 10.0 Å². The van der Waals surface area contributed by atoms with Crippen molar-refractivity contribution in [2.75, 3.05) is 19.4 Å². The number of carbonyl (C=O) groups is 1.